The molecule has 3 aromatic rings. The number of hydrazone groups is 1. The highest BCUT2D eigenvalue weighted by atomic mass is 35.5. The first kappa shape index (κ1) is 29.0. The van der Waals surface area contributed by atoms with Crippen molar-refractivity contribution in [1.29, 1.82) is 0 Å². The fourth-order valence-electron chi connectivity index (χ4n) is 3.99. The van der Waals surface area contributed by atoms with Crippen molar-refractivity contribution in [2.45, 2.75) is 10.8 Å². The molecule has 0 aromatic heterocycles. The highest BCUT2D eigenvalue weighted by Gasteiger charge is 2.34. The molecule has 0 radical (unpaired) electrons. The third-order valence-corrected chi connectivity index (χ3v) is 8.27. The van der Waals surface area contributed by atoms with Crippen molar-refractivity contribution in [1.82, 2.24) is 14.6 Å². The number of hydrogen-bond acceptors (Lipinski definition) is 5. The van der Waals surface area contributed by atoms with E-state index in [2.05, 4.69) is 9.12 Å². The zero-order chi connectivity index (χ0) is 28.2. The Morgan fingerprint density at radius 1 is 1.00 bits per heavy atom. The smallest absolute Gasteiger partial charge is 0.285 e. The number of guanidine groups is 1. The van der Waals surface area contributed by atoms with E-state index in [1.807, 2.05) is 42.5 Å². The molecule has 0 saturated carbocycles. The van der Waals surface area contributed by atoms with Crippen LogP contribution in [0.3, 0.4) is 0 Å². The second kappa shape index (κ2) is 12.0. The molecule has 3 aromatic carbocycles. The predicted octanol–water partition coefficient (Wildman–Crippen LogP) is 3.27. The van der Waals surface area contributed by atoms with Gasteiger partial charge >= 0.3 is 0 Å². The molecule has 0 spiro atoms. The number of sulfonamides is 1. The molecule has 39 heavy (non-hydrogen) atoms. The summed E-state index contributed by atoms with van der Waals surface area (Å²) in [5, 5.41) is 12.3. The summed E-state index contributed by atoms with van der Waals surface area (Å²) in [6.45, 7) is 0.257. The standard InChI is InChI=1S/C25H26Cl2N6O4S2/c1-32(16-15-29-39(28,36)37)25(31-38(34,35)22-13-11-21(27)12-14-22)33-17-23(18-5-3-2-4-6-18)24(30-33)19-7-9-20(26)10-8-19/h2-14,23,29H,15-17H2,1H3,(H2,28,36,37)/b31-25+/t23-/m0/s1. The summed E-state index contributed by atoms with van der Waals surface area (Å²) < 4.78 is 55.7. The summed E-state index contributed by atoms with van der Waals surface area (Å²) in [6.07, 6.45) is 0. The lowest BCUT2D eigenvalue weighted by atomic mass is 9.91. The van der Waals surface area contributed by atoms with Gasteiger partial charge in [0.1, 0.15) is 0 Å². The van der Waals surface area contributed by atoms with Gasteiger partial charge in [0.15, 0.2) is 0 Å². The Morgan fingerprint density at radius 2 is 1.59 bits per heavy atom. The van der Waals surface area contributed by atoms with Gasteiger partial charge in [-0.3, -0.25) is 0 Å². The maximum Gasteiger partial charge on any atom is 0.285 e. The minimum Gasteiger partial charge on any atom is -0.342 e. The van der Waals surface area contributed by atoms with Crippen LogP contribution in [0.15, 0.2) is 93.3 Å². The molecular weight excluding hydrogens is 583 g/mol. The van der Waals surface area contributed by atoms with Gasteiger partial charge in [-0.2, -0.15) is 21.9 Å². The molecule has 206 valence electrons. The van der Waals surface area contributed by atoms with Crippen LogP contribution in [0.25, 0.3) is 0 Å². The lowest BCUT2D eigenvalue weighted by molar-refractivity contribution is 0.375. The average molecular weight is 610 g/mol. The van der Waals surface area contributed by atoms with E-state index in [0.29, 0.717) is 15.8 Å². The van der Waals surface area contributed by atoms with Crippen LogP contribution in [0.4, 0.5) is 0 Å². The van der Waals surface area contributed by atoms with Gasteiger partial charge in [-0.1, -0.05) is 65.7 Å². The number of nitrogens with two attached hydrogens (primary N) is 1. The first-order valence-electron chi connectivity index (χ1n) is 11.7. The number of nitrogens with one attached hydrogen (secondary N) is 1. The summed E-state index contributed by atoms with van der Waals surface area (Å²) in [5.41, 5.74) is 2.49. The minimum atomic E-state index is -4.19. The quantitative estimate of drug-likeness (QED) is 0.297. The zero-order valence-electron chi connectivity index (χ0n) is 20.8. The van der Waals surface area contributed by atoms with Crippen LogP contribution in [-0.4, -0.2) is 65.1 Å². The minimum absolute atomic E-state index is 0.00561. The van der Waals surface area contributed by atoms with Gasteiger partial charge in [0.25, 0.3) is 20.2 Å². The molecule has 0 amide bonds. The number of hydrogen-bond donors (Lipinski definition) is 2. The second-order valence-corrected chi connectivity index (χ2v) is 12.6. The molecule has 1 aliphatic heterocycles. The van der Waals surface area contributed by atoms with Gasteiger partial charge < -0.3 is 4.90 Å². The molecule has 0 fully saturated rings. The summed E-state index contributed by atoms with van der Waals surface area (Å²) in [4.78, 5) is 1.45. The van der Waals surface area contributed by atoms with Crippen molar-refractivity contribution in [3.8, 4) is 0 Å². The first-order valence-corrected chi connectivity index (χ1v) is 15.4. The fourth-order valence-corrected chi connectivity index (χ4v) is 5.65. The van der Waals surface area contributed by atoms with Crippen LogP contribution < -0.4 is 9.86 Å². The molecule has 0 aliphatic carbocycles. The summed E-state index contributed by atoms with van der Waals surface area (Å²) in [5.74, 6) is -0.210. The van der Waals surface area contributed by atoms with E-state index in [0.717, 1.165) is 11.1 Å². The van der Waals surface area contributed by atoms with E-state index in [1.165, 1.54) is 34.2 Å². The Balaban J connectivity index is 1.77. The molecule has 14 heteroatoms. The summed E-state index contributed by atoms with van der Waals surface area (Å²) in [7, 11) is -6.53. The monoisotopic (exact) mass is 608 g/mol. The van der Waals surface area contributed by atoms with Crippen molar-refractivity contribution >= 4 is 55.1 Å². The lowest BCUT2D eigenvalue weighted by Crippen LogP contribution is -2.44. The maximum absolute atomic E-state index is 13.3. The SMILES string of the molecule is CN(CCNS(N)(=O)=O)/C(=N\S(=O)(=O)c1ccc(Cl)cc1)N1C[C@@H](c2ccccc2)C(c2ccc(Cl)cc2)=N1. The van der Waals surface area contributed by atoms with Gasteiger partial charge in [-0.05, 0) is 47.5 Å². The van der Waals surface area contributed by atoms with E-state index in [1.54, 1.807) is 19.2 Å². The molecule has 4 rings (SSSR count). The lowest BCUT2D eigenvalue weighted by Gasteiger charge is -2.26. The van der Waals surface area contributed by atoms with Gasteiger partial charge in [-0.15, -0.1) is 4.40 Å². The number of halogens is 2. The fraction of sp³-hybridized carbons (Fsp3) is 0.200. The molecule has 10 nitrogen and oxygen atoms in total. The highest BCUT2D eigenvalue weighted by Crippen LogP contribution is 2.30. The highest BCUT2D eigenvalue weighted by molar-refractivity contribution is 7.90. The van der Waals surface area contributed by atoms with Crippen LogP contribution in [0.2, 0.25) is 10.0 Å². The normalized spacial score (nSPS) is 16.3. The van der Waals surface area contributed by atoms with Crippen molar-refractivity contribution in [3.63, 3.8) is 0 Å². The van der Waals surface area contributed by atoms with Gasteiger partial charge in [-0.25, -0.2) is 14.9 Å². The van der Waals surface area contributed by atoms with E-state index < -0.39 is 20.2 Å². The van der Waals surface area contributed by atoms with Crippen molar-refractivity contribution in [3.05, 3.63) is 100 Å². The summed E-state index contributed by atoms with van der Waals surface area (Å²) >= 11 is 12.0. The van der Waals surface area contributed by atoms with E-state index in [4.69, 9.17) is 33.4 Å². The van der Waals surface area contributed by atoms with E-state index in [-0.39, 0.29) is 36.4 Å². The topological polar surface area (TPSA) is 138 Å². The molecule has 0 unspecified atom stereocenters. The van der Waals surface area contributed by atoms with Crippen molar-refractivity contribution in [2.24, 2.45) is 14.6 Å². The van der Waals surface area contributed by atoms with Crippen LogP contribution in [0.1, 0.15) is 17.0 Å². The Kier molecular flexibility index (Phi) is 8.94. The van der Waals surface area contributed by atoms with E-state index >= 15 is 0 Å². The molecular formula is C25H26Cl2N6O4S2. The van der Waals surface area contributed by atoms with Crippen molar-refractivity contribution < 1.29 is 16.8 Å². The van der Waals surface area contributed by atoms with Crippen LogP contribution >= 0.6 is 23.2 Å². The Hall–Kier alpha value is -3.00. The molecule has 1 heterocycles. The largest absolute Gasteiger partial charge is 0.342 e. The number of rotatable bonds is 8. The van der Waals surface area contributed by atoms with E-state index in [9.17, 15) is 16.8 Å². The Labute approximate surface area is 238 Å². The second-order valence-electron chi connectivity index (χ2n) is 8.72. The van der Waals surface area contributed by atoms with Gasteiger partial charge in [0.2, 0.25) is 5.96 Å². The third kappa shape index (κ3) is 7.56. The Bertz CT molecular complexity index is 1580. The molecule has 1 atom stereocenters. The maximum atomic E-state index is 13.3. The van der Waals surface area contributed by atoms with Gasteiger partial charge in [0, 0.05) is 36.1 Å². The number of likely N-dealkylation sites (N-methyl/N-ethyl adjacent to an activating group) is 1. The molecule has 0 saturated heterocycles. The summed E-state index contributed by atoms with van der Waals surface area (Å²) in [6, 6.07) is 22.6. The van der Waals surface area contributed by atoms with Crippen molar-refractivity contribution in [2.75, 3.05) is 26.7 Å². The molecule has 0 bridgehead atoms. The number of benzene rings is 3. The third-order valence-electron chi connectivity index (χ3n) is 5.89. The zero-order valence-corrected chi connectivity index (χ0v) is 23.9. The predicted molar refractivity (Wildman–Crippen MR) is 154 cm³/mol. The molecule has 3 N–H and O–H groups in total. The number of nitrogens with zero attached hydrogens (tertiary/aromatic N) is 4. The Morgan fingerprint density at radius 3 is 2.18 bits per heavy atom. The van der Waals surface area contributed by atoms with Crippen LogP contribution in [0.5, 0.6) is 0 Å². The van der Waals surface area contributed by atoms with Gasteiger partial charge in [0.05, 0.1) is 17.2 Å². The molecule has 1 aliphatic rings. The van der Waals surface area contributed by atoms with Crippen LogP contribution in [-0.2, 0) is 20.2 Å². The average Bonchev–Trinajstić information content (AvgIpc) is 3.33. The van der Waals surface area contributed by atoms with Crippen LogP contribution in [0, 0.1) is 0 Å². The first-order chi connectivity index (χ1) is 18.4.